The van der Waals surface area contributed by atoms with Crippen molar-refractivity contribution in [1.29, 1.82) is 0 Å². The molecule has 0 spiro atoms. The molecule has 1 aliphatic rings. The van der Waals surface area contributed by atoms with Gasteiger partial charge in [0.25, 0.3) is 5.91 Å². The highest BCUT2D eigenvalue weighted by molar-refractivity contribution is 5.95. The lowest BCUT2D eigenvalue weighted by molar-refractivity contribution is 0.0710. The molecule has 0 N–H and O–H groups in total. The van der Waals surface area contributed by atoms with E-state index >= 15 is 0 Å². The third-order valence-corrected chi connectivity index (χ3v) is 4.25. The summed E-state index contributed by atoms with van der Waals surface area (Å²) in [6.45, 7) is 6.80. The Morgan fingerprint density at radius 2 is 2.17 bits per heavy atom. The van der Waals surface area contributed by atoms with Gasteiger partial charge in [-0.25, -0.2) is 0 Å². The molecule has 0 saturated carbocycles. The molecule has 0 bridgehead atoms. The number of fused-ring (bicyclic) bond motifs is 1. The normalized spacial score (nSPS) is 18.1. The molecule has 0 fully saturated rings. The van der Waals surface area contributed by atoms with Crippen LogP contribution in [0.25, 0.3) is 0 Å². The van der Waals surface area contributed by atoms with Gasteiger partial charge < -0.3 is 14.2 Å². The summed E-state index contributed by atoms with van der Waals surface area (Å²) in [5.41, 5.74) is 1.75. The zero-order valence-corrected chi connectivity index (χ0v) is 14.2. The van der Waals surface area contributed by atoms with Crippen molar-refractivity contribution in [3.63, 3.8) is 0 Å². The van der Waals surface area contributed by atoms with Gasteiger partial charge in [-0.3, -0.25) is 9.48 Å². The number of rotatable bonds is 3. The summed E-state index contributed by atoms with van der Waals surface area (Å²) in [6.07, 6.45) is 1.81. The van der Waals surface area contributed by atoms with Crippen molar-refractivity contribution in [2.75, 3.05) is 27.2 Å². The Kier molecular flexibility index (Phi) is 4.26. The van der Waals surface area contributed by atoms with E-state index in [1.54, 1.807) is 0 Å². The van der Waals surface area contributed by atoms with Crippen LogP contribution in [-0.2, 0) is 13.1 Å². The quantitative estimate of drug-likeness (QED) is 0.868. The number of aryl methyl sites for hydroxylation is 2. The minimum absolute atomic E-state index is 0.0396. The van der Waals surface area contributed by atoms with Gasteiger partial charge in [0.15, 0.2) is 0 Å². The number of carbonyl (C=O) groups excluding carboxylic acids is 1. The molecule has 0 aromatic carbocycles. The molecule has 2 aromatic heterocycles. The Hall–Kier alpha value is -2.08. The molecule has 0 radical (unpaired) electrons. The Balaban J connectivity index is 1.88. The van der Waals surface area contributed by atoms with E-state index in [4.69, 9.17) is 4.42 Å². The molecule has 3 heterocycles. The average Bonchev–Trinajstić information content (AvgIpc) is 2.98. The fourth-order valence-electron chi connectivity index (χ4n) is 3.33. The molecule has 1 amide bonds. The Morgan fingerprint density at radius 3 is 2.83 bits per heavy atom. The van der Waals surface area contributed by atoms with Crippen molar-refractivity contribution in [2.24, 2.45) is 5.92 Å². The van der Waals surface area contributed by atoms with Crippen molar-refractivity contribution in [3.8, 4) is 0 Å². The van der Waals surface area contributed by atoms with Gasteiger partial charge in [-0.2, -0.15) is 5.10 Å². The topological polar surface area (TPSA) is 54.5 Å². The Morgan fingerprint density at radius 1 is 1.39 bits per heavy atom. The predicted octanol–water partition coefficient (Wildman–Crippen LogP) is 1.93. The molecule has 1 atom stereocenters. The summed E-state index contributed by atoms with van der Waals surface area (Å²) in [5, 5.41) is 4.40. The van der Waals surface area contributed by atoms with Gasteiger partial charge >= 0.3 is 0 Å². The second kappa shape index (κ2) is 6.20. The van der Waals surface area contributed by atoms with E-state index in [-0.39, 0.29) is 5.91 Å². The van der Waals surface area contributed by atoms with E-state index in [0.717, 1.165) is 31.1 Å². The average molecular weight is 316 g/mol. The third kappa shape index (κ3) is 3.32. The Labute approximate surface area is 136 Å². The fourth-order valence-corrected chi connectivity index (χ4v) is 3.33. The van der Waals surface area contributed by atoms with Crippen molar-refractivity contribution in [3.05, 3.63) is 41.1 Å². The molecule has 124 valence electrons. The lowest BCUT2D eigenvalue weighted by atomic mass is 10.1. The van der Waals surface area contributed by atoms with Crippen molar-refractivity contribution in [1.82, 2.24) is 19.6 Å². The first-order valence-corrected chi connectivity index (χ1v) is 7.95. The van der Waals surface area contributed by atoms with Crippen LogP contribution in [-0.4, -0.2) is 52.7 Å². The molecule has 6 nitrogen and oxygen atoms in total. The first-order chi connectivity index (χ1) is 10.9. The van der Waals surface area contributed by atoms with E-state index in [1.807, 2.05) is 41.8 Å². The van der Waals surface area contributed by atoms with Gasteiger partial charge in [0.2, 0.25) is 0 Å². The standard InChI is InChI=1S/C17H24N4O2/c1-12-7-16(13(2)23-12)17(22)20-9-14(8-19(3)4)10-21-15(11-20)5-6-18-21/h5-7,14H,8-11H2,1-4H3/t14-/m0/s1. The minimum atomic E-state index is 0.0396. The molecule has 2 aromatic rings. The molecular formula is C17H24N4O2. The van der Waals surface area contributed by atoms with Crippen LogP contribution in [0.4, 0.5) is 0 Å². The number of carbonyl (C=O) groups is 1. The first-order valence-electron chi connectivity index (χ1n) is 7.95. The lowest BCUT2D eigenvalue weighted by Crippen LogP contribution is -2.37. The molecule has 6 heteroatoms. The van der Waals surface area contributed by atoms with Gasteiger partial charge in [0.1, 0.15) is 11.5 Å². The predicted molar refractivity (Wildman–Crippen MR) is 87.2 cm³/mol. The van der Waals surface area contributed by atoms with Crippen LogP contribution >= 0.6 is 0 Å². The second-order valence-electron chi connectivity index (χ2n) is 6.65. The minimum Gasteiger partial charge on any atom is -0.466 e. The van der Waals surface area contributed by atoms with Crippen molar-refractivity contribution >= 4 is 5.91 Å². The fraction of sp³-hybridized carbons (Fsp3) is 0.529. The Bertz CT molecular complexity index is 701. The van der Waals surface area contributed by atoms with Crippen LogP contribution in [0.5, 0.6) is 0 Å². The molecule has 3 rings (SSSR count). The summed E-state index contributed by atoms with van der Waals surface area (Å²) >= 11 is 0. The zero-order valence-electron chi connectivity index (χ0n) is 14.2. The van der Waals surface area contributed by atoms with Gasteiger partial charge in [0, 0.05) is 31.7 Å². The molecular weight excluding hydrogens is 292 g/mol. The van der Waals surface area contributed by atoms with Crippen LogP contribution < -0.4 is 0 Å². The van der Waals surface area contributed by atoms with Crippen LogP contribution in [0.15, 0.2) is 22.7 Å². The second-order valence-corrected chi connectivity index (χ2v) is 6.65. The summed E-state index contributed by atoms with van der Waals surface area (Å²) in [4.78, 5) is 17.1. The third-order valence-electron chi connectivity index (χ3n) is 4.25. The van der Waals surface area contributed by atoms with Crippen LogP contribution in [0.2, 0.25) is 0 Å². The van der Waals surface area contributed by atoms with Crippen molar-refractivity contribution < 1.29 is 9.21 Å². The highest BCUT2D eigenvalue weighted by Gasteiger charge is 2.28. The maximum atomic E-state index is 13.0. The largest absolute Gasteiger partial charge is 0.466 e. The molecule has 0 unspecified atom stereocenters. The maximum absolute atomic E-state index is 13.0. The SMILES string of the molecule is Cc1cc(C(=O)N2Cc3ccnn3C[C@@H](CN(C)C)C2)c(C)o1. The van der Waals surface area contributed by atoms with Crippen molar-refractivity contribution in [2.45, 2.75) is 26.9 Å². The van der Waals surface area contributed by atoms with Crippen LogP contribution in [0, 0.1) is 19.8 Å². The smallest absolute Gasteiger partial charge is 0.257 e. The molecule has 1 aliphatic heterocycles. The number of amides is 1. The van der Waals surface area contributed by atoms with Crippen LogP contribution in [0.1, 0.15) is 27.6 Å². The number of nitrogens with zero attached hydrogens (tertiary/aromatic N) is 4. The van der Waals surface area contributed by atoms with E-state index in [2.05, 4.69) is 24.1 Å². The van der Waals surface area contributed by atoms with E-state index < -0.39 is 0 Å². The van der Waals surface area contributed by atoms with Gasteiger partial charge in [-0.1, -0.05) is 0 Å². The van der Waals surface area contributed by atoms with Crippen LogP contribution in [0.3, 0.4) is 0 Å². The summed E-state index contributed by atoms with van der Waals surface area (Å²) in [7, 11) is 4.12. The van der Waals surface area contributed by atoms with Gasteiger partial charge in [-0.05, 0) is 40.1 Å². The summed E-state index contributed by atoms with van der Waals surface area (Å²) in [6, 6.07) is 3.83. The van der Waals surface area contributed by atoms with E-state index in [1.165, 1.54) is 0 Å². The highest BCUT2D eigenvalue weighted by atomic mass is 16.3. The van der Waals surface area contributed by atoms with E-state index in [9.17, 15) is 4.79 Å². The number of hydrogen-bond donors (Lipinski definition) is 0. The number of furan rings is 1. The molecule has 23 heavy (non-hydrogen) atoms. The maximum Gasteiger partial charge on any atom is 0.257 e. The number of hydrogen-bond acceptors (Lipinski definition) is 4. The number of aromatic nitrogens is 2. The van der Waals surface area contributed by atoms with E-state index in [0.29, 0.717) is 23.8 Å². The molecule has 0 aliphatic carbocycles. The highest BCUT2D eigenvalue weighted by Crippen LogP contribution is 2.21. The zero-order chi connectivity index (χ0) is 16.6. The first kappa shape index (κ1) is 15.8. The summed E-state index contributed by atoms with van der Waals surface area (Å²) < 4.78 is 7.55. The monoisotopic (exact) mass is 316 g/mol. The van der Waals surface area contributed by atoms with Gasteiger partial charge in [-0.15, -0.1) is 0 Å². The molecule has 0 saturated heterocycles. The summed E-state index contributed by atoms with van der Waals surface area (Å²) in [5.74, 6) is 1.85. The lowest BCUT2D eigenvalue weighted by Gasteiger charge is -2.25. The van der Waals surface area contributed by atoms with Gasteiger partial charge in [0.05, 0.1) is 17.8 Å².